The number of amides is 1. The highest BCUT2D eigenvalue weighted by Gasteiger charge is 2.23. The molecule has 0 heterocycles. The lowest BCUT2D eigenvalue weighted by atomic mass is 10.0. The van der Waals surface area contributed by atoms with Gasteiger partial charge in [0.1, 0.15) is 23.6 Å². The summed E-state index contributed by atoms with van der Waals surface area (Å²) >= 11 is 3.16. The zero-order chi connectivity index (χ0) is 16.2. The second-order valence-electron chi connectivity index (χ2n) is 5.56. The Morgan fingerprint density at radius 2 is 2.05 bits per heavy atom. The molecule has 0 aliphatic heterocycles. The molecule has 1 amide bonds. The maximum Gasteiger partial charge on any atom is 0.407 e. The number of hydrogen-bond acceptors (Lipinski definition) is 4. The summed E-state index contributed by atoms with van der Waals surface area (Å²) < 4.78 is 19.2. The zero-order valence-corrected chi connectivity index (χ0v) is 13.6. The molecule has 21 heavy (non-hydrogen) atoms. The van der Waals surface area contributed by atoms with Crippen molar-refractivity contribution < 1.29 is 24.1 Å². The molecule has 0 fully saturated rings. The molecule has 0 aliphatic carbocycles. The van der Waals surface area contributed by atoms with Crippen LogP contribution in [-0.4, -0.2) is 34.6 Å². The summed E-state index contributed by atoms with van der Waals surface area (Å²) in [7, 11) is 0. The highest BCUT2D eigenvalue weighted by molar-refractivity contribution is 9.10. The minimum atomic E-state index is -1.46. The van der Waals surface area contributed by atoms with Crippen LogP contribution in [0.5, 0.6) is 0 Å². The van der Waals surface area contributed by atoms with E-state index in [4.69, 9.17) is 4.74 Å². The molecule has 118 valence electrons. The van der Waals surface area contributed by atoms with Crippen LogP contribution in [0.2, 0.25) is 0 Å². The van der Waals surface area contributed by atoms with Crippen molar-refractivity contribution >= 4 is 22.0 Å². The number of carbonyl (C=O) groups is 1. The Balaban J connectivity index is 2.61. The van der Waals surface area contributed by atoms with Crippen LogP contribution in [0.1, 0.15) is 32.4 Å². The number of nitrogens with one attached hydrogen (secondary N) is 1. The predicted molar refractivity (Wildman–Crippen MR) is 79.3 cm³/mol. The van der Waals surface area contributed by atoms with Gasteiger partial charge in [-0.3, -0.25) is 0 Å². The van der Waals surface area contributed by atoms with Crippen molar-refractivity contribution in [3.8, 4) is 0 Å². The Labute approximate surface area is 131 Å². The van der Waals surface area contributed by atoms with Crippen LogP contribution in [0, 0.1) is 5.82 Å². The van der Waals surface area contributed by atoms with Gasteiger partial charge in [-0.1, -0.05) is 15.9 Å². The molecule has 0 saturated heterocycles. The lowest BCUT2D eigenvalue weighted by molar-refractivity contribution is 0.0113. The van der Waals surface area contributed by atoms with Gasteiger partial charge in [-0.25, -0.2) is 9.18 Å². The van der Waals surface area contributed by atoms with E-state index in [1.807, 2.05) is 0 Å². The first-order valence-corrected chi connectivity index (χ1v) is 7.17. The van der Waals surface area contributed by atoms with Gasteiger partial charge < -0.3 is 20.3 Å². The first-order valence-electron chi connectivity index (χ1n) is 6.38. The van der Waals surface area contributed by atoms with E-state index in [9.17, 15) is 19.4 Å². The zero-order valence-electron chi connectivity index (χ0n) is 12.1. The smallest absolute Gasteiger partial charge is 0.407 e. The van der Waals surface area contributed by atoms with Crippen LogP contribution in [-0.2, 0) is 4.74 Å². The quantitative estimate of drug-likeness (QED) is 0.767. The van der Waals surface area contributed by atoms with Crippen molar-refractivity contribution in [3.63, 3.8) is 0 Å². The largest absolute Gasteiger partial charge is 0.444 e. The third-order valence-corrected chi connectivity index (χ3v) is 2.99. The number of benzene rings is 1. The fourth-order valence-electron chi connectivity index (χ4n) is 1.56. The molecule has 5 nitrogen and oxygen atoms in total. The summed E-state index contributed by atoms with van der Waals surface area (Å²) in [6.07, 6.45) is -3.54. The van der Waals surface area contributed by atoms with E-state index in [1.54, 1.807) is 20.8 Å². The highest BCUT2D eigenvalue weighted by atomic mass is 79.9. The number of hydrogen-bond donors (Lipinski definition) is 3. The average molecular weight is 364 g/mol. The highest BCUT2D eigenvalue weighted by Crippen LogP contribution is 2.24. The van der Waals surface area contributed by atoms with Gasteiger partial charge in [-0.15, -0.1) is 0 Å². The Hall–Kier alpha value is -1.18. The molecule has 2 unspecified atom stereocenters. The summed E-state index contributed by atoms with van der Waals surface area (Å²) in [5, 5.41) is 22.1. The van der Waals surface area contributed by atoms with Crippen LogP contribution < -0.4 is 5.32 Å². The van der Waals surface area contributed by atoms with Gasteiger partial charge in [0.25, 0.3) is 0 Å². The average Bonchev–Trinajstić information content (AvgIpc) is 2.36. The fourth-order valence-corrected chi connectivity index (χ4v) is 1.94. The number of ether oxygens (including phenoxy) is 1. The molecule has 0 aliphatic rings. The van der Waals surface area contributed by atoms with Gasteiger partial charge in [0.05, 0.1) is 0 Å². The lowest BCUT2D eigenvalue weighted by Crippen LogP contribution is -2.39. The molecule has 0 saturated carbocycles. The molecule has 0 bridgehead atoms. The van der Waals surface area contributed by atoms with E-state index in [0.717, 1.165) is 0 Å². The molecule has 1 aromatic rings. The van der Waals surface area contributed by atoms with Gasteiger partial charge in [-0.05, 0) is 39.0 Å². The fraction of sp³-hybridized carbons (Fsp3) is 0.500. The molecule has 7 heteroatoms. The number of carbonyl (C=O) groups excluding carboxylic acids is 1. The van der Waals surface area contributed by atoms with Crippen molar-refractivity contribution in [2.45, 2.75) is 38.6 Å². The third-order valence-electron chi connectivity index (χ3n) is 2.50. The van der Waals surface area contributed by atoms with Gasteiger partial charge in [0.15, 0.2) is 0 Å². The molecule has 2 atom stereocenters. The summed E-state index contributed by atoms with van der Waals surface area (Å²) in [5.74, 6) is -0.637. The van der Waals surface area contributed by atoms with E-state index in [-0.39, 0.29) is 12.1 Å². The van der Waals surface area contributed by atoms with Crippen LogP contribution in [0.25, 0.3) is 0 Å². The number of aliphatic hydroxyl groups is 2. The third kappa shape index (κ3) is 5.99. The van der Waals surface area contributed by atoms with E-state index in [0.29, 0.717) is 4.47 Å². The number of alkyl carbamates (subject to hydrolysis) is 1. The first-order chi connectivity index (χ1) is 9.60. The van der Waals surface area contributed by atoms with Crippen LogP contribution in [0.3, 0.4) is 0 Å². The summed E-state index contributed by atoms with van der Waals surface area (Å²) in [6, 6.07) is 4.03. The second kappa shape index (κ2) is 7.20. The summed E-state index contributed by atoms with van der Waals surface area (Å²) in [4.78, 5) is 11.4. The standard InChI is InChI=1S/C14H19BrFNO4/c1-14(2,3)21-13(20)17-7-11(18)12(19)9-6-8(15)4-5-10(9)16/h4-6,11-12,18-19H,7H2,1-3H3,(H,17,20). The van der Waals surface area contributed by atoms with Crippen LogP contribution in [0.15, 0.2) is 22.7 Å². The van der Waals surface area contributed by atoms with Crippen molar-refractivity contribution in [3.05, 3.63) is 34.1 Å². The normalized spacial score (nSPS) is 14.4. The molecule has 0 spiro atoms. The number of halogens is 2. The number of rotatable bonds is 4. The van der Waals surface area contributed by atoms with E-state index < -0.39 is 29.7 Å². The maximum atomic E-state index is 13.6. The molecule has 1 rings (SSSR count). The Bertz CT molecular complexity index is 504. The minimum absolute atomic E-state index is 0.0529. The topological polar surface area (TPSA) is 78.8 Å². The first kappa shape index (κ1) is 17.9. The van der Waals surface area contributed by atoms with Crippen molar-refractivity contribution in [1.29, 1.82) is 0 Å². The monoisotopic (exact) mass is 363 g/mol. The second-order valence-corrected chi connectivity index (χ2v) is 6.48. The van der Waals surface area contributed by atoms with Crippen LogP contribution >= 0.6 is 15.9 Å². The van der Waals surface area contributed by atoms with E-state index in [1.165, 1.54) is 18.2 Å². The maximum absolute atomic E-state index is 13.6. The Kier molecular flexibility index (Phi) is 6.12. The molecular weight excluding hydrogens is 345 g/mol. The lowest BCUT2D eigenvalue weighted by Gasteiger charge is -2.22. The predicted octanol–water partition coefficient (Wildman–Crippen LogP) is 2.51. The molecular formula is C14H19BrFNO4. The van der Waals surface area contributed by atoms with Crippen molar-refractivity contribution in [1.82, 2.24) is 5.32 Å². The van der Waals surface area contributed by atoms with Gasteiger partial charge >= 0.3 is 6.09 Å². The Morgan fingerprint density at radius 3 is 2.62 bits per heavy atom. The van der Waals surface area contributed by atoms with Gasteiger partial charge in [0, 0.05) is 16.6 Å². The molecule has 0 aromatic heterocycles. The SMILES string of the molecule is CC(C)(C)OC(=O)NCC(O)C(O)c1cc(Br)ccc1F. The molecule has 0 radical (unpaired) electrons. The number of aliphatic hydroxyl groups excluding tert-OH is 2. The van der Waals surface area contributed by atoms with E-state index >= 15 is 0 Å². The van der Waals surface area contributed by atoms with E-state index in [2.05, 4.69) is 21.2 Å². The van der Waals surface area contributed by atoms with Crippen molar-refractivity contribution in [2.24, 2.45) is 0 Å². The summed E-state index contributed by atoms with van der Waals surface area (Å²) in [5.41, 5.74) is -0.716. The molecule has 3 N–H and O–H groups in total. The van der Waals surface area contributed by atoms with Gasteiger partial charge in [0.2, 0.25) is 0 Å². The minimum Gasteiger partial charge on any atom is -0.444 e. The Morgan fingerprint density at radius 1 is 1.43 bits per heavy atom. The summed E-state index contributed by atoms with van der Waals surface area (Å²) in [6.45, 7) is 4.85. The van der Waals surface area contributed by atoms with Crippen LogP contribution in [0.4, 0.5) is 9.18 Å². The molecule has 1 aromatic carbocycles. The van der Waals surface area contributed by atoms with Gasteiger partial charge in [-0.2, -0.15) is 0 Å². The van der Waals surface area contributed by atoms with Crippen molar-refractivity contribution in [2.75, 3.05) is 6.54 Å².